The summed E-state index contributed by atoms with van der Waals surface area (Å²) in [7, 11) is 0. The van der Waals surface area contributed by atoms with Crippen LogP contribution in [0.5, 0.6) is 0 Å². The molecule has 5 nitrogen and oxygen atoms in total. The predicted molar refractivity (Wildman–Crippen MR) is 105 cm³/mol. The van der Waals surface area contributed by atoms with Crippen molar-refractivity contribution >= 4 is 44.6 Å². The molecule has 1 aromatic heterocycles. The fourth-order valence-corrected chi connectivity index (χ4v) is 3.44. The summed E-state index contributed by atoms with van der Waals surface area (Å²) in [4.78, 5) is 12.9. The molecule has 1 amide bonds. The summed E-state index contributed by atoms with van der Waals surface area (Å²) >= 11 is 1.77. The third-order valence-electron chi connectivity index (χ3n) is 3.67. The molecule has 25 heavy (non-hydrogen) atoms. The maximum Gasteiger partial charge on any atom is 0.411 e. The van der Waals surface area contributed by atoms with Crippen LogP contribution in [0, 0.1) is 0 Å². The molecule has 0 aliphatic heterocycles. The van der Waals surface area contributed by atoms with Crippen LogP contribution in [0.3, 0.4) is 0 Å². The van der Waals surface area contributed by atoms with Gasteiger partial charge in [-0.1, -0.05) is 25.1 Å². The minimum Gasteiger partial charge on any atom is -0.449 e. The van der Waals surface area contributed by atoms with Crippen molar-refractivity contribution in [3.63, 3.8) is 0 Å². The predicted octanol–water partition coefficient (Wildman–Crippen LogP) is 5.05. The number of hydrogen-bond acceptors (Lipinski definition) is 5. The van der Waals surface area contributed by atoms with Gasteiger partial charge in [0.05, 0.1) is 18.0 Å². The molecular weight excluding hydrogens is 334 g/mol. The van der Waals surface area contributed by atoms with Gasteiger partial charge in [0.1, 0.15) is 0 Å². The lowest BCUT2D eigenvalue weighted by molar-refractivity contribution is 0.161. The van der Waals surface area contributed by atoms with Gasteiger partial charge in [-0.15, -0.1) is 11.3 Å². The van der Waals surface area contributed by atoms with Crippen molar-refractivity contribution in [3.05, 3.63) is 53.4 Å². The second-order valence-corrected chi connectivity index (χ2v) is 6.84. The molecule has 0 spiro atoms. The molecule has 0 aliphatic carbocycles. The Morgan fingerprint density at radius 1 is 1.20 bits per heavy atom. The summed E-state index contributed by atoms with van der Waals surface area (Å²) in [5.41, 5.74) is 7.97. The first kappa shape index (κ1) is 17.1. The molecule has 4 N–H and O–H groups in total. The molecule has 0 bridgehead atoms. The molecule has 3 rings (SSSR count). The van der Waals surface area contributed by atoms with Crippen LogP contribution in [-0.2, 0) is 11.3 Å². The Hall–Kier alpha value is -2.73. The van der Waals surface area contributed by atoms with E-state index in [9.17, 15) is 4.79 Å². The summed E-state index contributed by atoms with van der Waals surface area (Å²) in [6.45, 7) is 3.06. The van der Waals surface area contributed by atoms with Crippen molar-refractivity contribution < 1.29 is 9.53 Å². The molecule has 0 fully saturated rings. The highest BCUT2D eigenvalue weighted by Crippen LogP contribution is 2.27. The van der Waals surface area contributed by atoms with Gasteiger partial charge in [0, 0.05) is 21.8 Å². The number of carbonyl (C=O) groups is 1. The molecule has 0 aliphatic rings. The first-order chi connectivity index (χ1) is 12.2. The van der Waals surface area contributed by atoms with E-state index in [1.807, 2.05) is 31.2 Å². The number of ether oxygens (including phenoxy) is 1. The fraction of sp³-hybridized carbons (Fsp3) is 0.211. The van der Waals surface area contributed by atoms with Crippen LogP contribution in [0.1, 0.15) is 18.2 Å². The standard InChI is InChI=1S/C19H21N3O2S/c1-2-9-24-19(23)22-17-8-7-14(11-16(17)20)21-12-15-10-13-5-3-4-6-18(13)25-15/h3-8,10-11,21H,2,9,12,20H2,1H3,(H,22,23). The third kappa shape index (κ3) is 4.42. The second kappa shape index (κ2) is 7.90. The molecule has 0 saturated heterocycles. The summed E-state index contributed by atoms with van der Waals surface area (Å²) in [5.74, 6) is 0. The van der Waals surface area contributed by atoms with Crippen LogP contribution >= 0.6 is 11.3 Å². The number of amides is 1. The van der Waals surface area contributed by atoms with Crippen LogP contribution < -0.4 is 16.4 Å². The minimum atomic E-state index is -0.487. The number of thiophene rings is 1. The van der Waals surface area contributed by atoms with Crippen LogP contribution in [0.4, 0.5) is 21.9 Å². The van der Waals surface area contributed by atoms with Gasteiger partial charge in [-0.3, -0.25) is 5.32 Å². The van der Waals surface area contributed by atoms with E-state index < -0.39 is 6.09 Å². The Morgan fingerprint density at radius 2 is 2.04 bits per heavy atom. The van der Waals surface area contributed by atoms with Gasteiger partial charge < -0.3 is 15.8 Å². The van der Waals surface area contributed by atoms with Crippen LogP contribution in [0.25, 0.3) is 10.1 Å². The number of benzene rings is 2. The third-order valence-corrected chi connectivity index (χ3v) is 4.78. The zero-order chi connectivity index (χ0) is 17.6. The van der Waals surface area contributed by atoms with E-state index in [-0.39, 0.29) is 0 Å². The Labute approximate surface area is 150 Å². The zero-order valence-electron chi connectivity index (χ0n) is 14.0. The highest BCUT2D eigenvalue weighted by Gasteiger charge is 2.07. The number of rotatable bonds is 6. The van der Waals surface area contributed by atoms with E-state index in [1.165, 1.54) is 15.0 Å². The van der Waals surface area contributed by atoms with Crippen molar-refractivity contribution in [1.29, 1.82) is 0 Å². The highest BCUT2D eigenvalue weighted by atomic mass is 32.1. The van der Waals surface area contributed by atoms with E-state index in [2.05, 4.69) is 28.8 Å². The molecule has 3 aromatic rings. The Kier molecular flexibility index (Phi) is 5.40. The lowest BCUT2D eigenvalue weighted by atomic mass is 10.2. The number of nitrogen functional groups attached to an aromatic ring is 1. The smallest absolute Gasteiger partial charge is 0.411 e. The highest BCUT2D eigenvalue weighted by molar-refractivity contribution is 7.19. The second-order valence-electron chi connectivity index (χ2n) is 5.67. The van der Waals surface area contributed by atoms with Crippen molar-refractivity contribution in [2.45, 2.75) is 19.9 Å². The zero-order valence-corrected chi connectivity index (χ0v) is 14.9. The summed E-state index contributed by atoms with van der Waals surface area (Å²) in [6, 6.07) is 16.0. The van der Waals surface area contributed by atoms with Gasteiger partial charge in [-0.25, -0.2) is 4.79 Å². The number of fused-ring (bicyclic) bond motifs is 1. The summed E-state index contributed by atoms with van der Waals surface area (Å²) in [6.07, 6.45) is 0.295. The SMILES string of the molecule is CCCOC(=O)Nc1ccc(NCc2cc3ccccc3s2)cc1N. The topological polar surface area (TPSA) is 76.4 Å². The van der Waals surface area contributed by atoms with Crippen molar-refractivity contribution in [1.82, 2.24) is 0 Å². The van der Waals surface area contributed by atoms with E-state index in [0.717, 1.165) is 18.7 Å². The van der Waals surface area contributed by atoms with Crippen molar-refractivity contribution in [2.24, 2.45) is 0 Å². The monoisotopic (exact) mass is 355 g/mol. The van der Waals surface area contributed by atoms with Gasteiger partial charge in [-0.2, -0.15) is 0 Å². The normalized spacial score (nSPS) is 10.6. The van der Waals surface area contributed by atoms with E-state index in [0.29, 0.717) is 18.0 Å². The number of nitrogens with two attached hydrogens (primary N) is 1. The Bertz CT molecular complexity index is 843. The molecule has 0 saturated carbocycles. The number of anilines is 3. The lowest BCUT2D eigenvalue weighted by Crippen LogP contribution is -2.15. The largest absolute Gasteiger partial charge is 0.449 e. The Morgan fingerprint density at radius 3 is 2.80 bits per heavy atom. The quantitative estimate of drug-likeness (QED) is 0.541. The van der Waals surface area contributed by atoms with Gasteiger partial charge in [0.25, 0.3) is 0 Å². The molecular formula is C19H21N3O2S. The number of hydrogen-bond donors (Lipinski definition) is 3. The fourth-order valence-electron chi connectivity index (χ4n) is 2.44. The molecule has 0 radical (unpaired) electrons. The average Bonchev–Trinajstić information content (AvgIpc) is 3.03. The first-order valence-electron chi connectivity index (χ1n) is 8.20. The van der Waals surface area contributed by atoms with Crippen molar-refractivity contribution in [3.8, 4) is 0 Å². The van der Waals surface area contributed by atoms with Gasteiger partial charge in [0.2, 0.25) is 0 Å². The average molecular weight is 355 g/mol. The van der Waals surface area contributed by atoms with E-state index in [4.69, 9.17) is 10.5 Å². The molecule has 0 unspecified atom stereocenters. The molecule has 1 heterocycles. The molecule has 0 atom stereocenters. The maximum absolute atomic E-state index is 11.6. The van der Waals surface area contributed by atoms with Gasteiger partial charge in [0.15, 0.2) is 0 Å². The minimum absolute atomic E-state index is 0.389. The summed E-state index contributed by atoms with van der Waals surface area (Å²) in [5, 5.41) is 7.27. The lowest BCUT2D eigenvalue weighted by Gasteiger charge is -2.11. The maximum atomic E-state index is 11.6. The van der Waals surface area contributed by atoms with Gasteiger partial charge in [-0.05, 0) is 42.1 Å². The first-order valence-corrected chi connectivity index (χ1v) is 9.02. The number of nitrogens with one attached hydrogen (secondary N) is 2. The van der Waals surface area contributed by atoms with Crippen molar-refractivity contribution in [2.75, 3.05) is 23.0 Å². The van der Waals surface area contributed by atoms with Crippen LogP contribution in [0.2, 0.25) is 0 Å². The number of carbonyl (C=O) groups excluding carboxylic acids is 1. The van der Waals surface area contributed by atoms with Crippen LogP contribution in [0.15, 0.2) is 48.5 Å². The van der Waals surface area contributed by atoms with Crippen LogP contribution in [-0.4, -0.2) is 12.7 Å². The molecule has 6 heteroatoms. The van der Waals surface area contributed by atoms with E-state index >= 15 is 0 Å². The van der Waals surface area contributed by atoms with E-state index in [1.54, 1.807) is 17.4 Å². The molecule has 2 aromatic carbocycles. The Balaban J connectivity index is 1.61. The van der Waals surface area contributed by atoms with Gasteiger partial charge >= 0.3 is 6.09 Å². The molecule has 130 valence electrons. The summed E-state index contributed by atoms with van der Waals surface area (Å²) < 4.78 is 6.28.